The Morgan fingerprint density at radius 2 is 1.81 bits per heavy atom. The lowest BCUT2D eigenvalue weighted by molar-refractivity contribution is -0.123. The van der Waals surface area contributed by atoms with Crippen molar-refractivity contribution in [2.45, 2.75) is 30.8 Å². The van der Waals surface area contributed by atoms with Gasteiger partial charge in [0, 0.05) is 37.9 Å². The van der Waals surface area contributed by atoms with E-state index in [0.29, 0.717) is 16.4 Å². The number of hydrogen-bond donors (Lipinski definition) is 1. The Hall–Kier alpha value is -2.62. The number of carbonyl (C=O) groups excluding carboxylic acids is 2. The van der Waals surface area contributed by atoms with E-state index in [2.05, 4.69) is 5.32 Å². The second kappa shape index (κ2) is 9.89. The van der Waals surface area contributed by atoms with Gasteiger partial charge in [0.25, 0.3) is 5.91 Å². The summed E-state index contributed by atoms with van der Waals surface area (Å²) in [6.07, 6.45) is 0.844. The molecule has 32 heavy (non-hydrogen) atoms. The highest BCUT2D eigenvalue weighted by atomic mass is 35.5. The lowest BCUT2D eigenvalue weighted by Crippen LogP contribution is -2.31. The molecule has 0 aliphatic carbocycles. The molecular weight excluding hydrogens is 454 g/mol. The van der Waals surface area contributed by atoms with Crippen LogP contribution in [0.15, 0.2) is 47.4 Å². The van der Waals surface area contributed by atoms with Crippen LogP contribution in [0.25, 0.3) is 0 Å². The normalized spacial score (nSPS) is 15.0. The zero-order valence-corrected chi connectivity index (χ0v) is 19.7. The Morgan fingerprint density at radius 1 is 1.12 bits per heavy atom. The second-order valence-electron chi connectivity index (χ2n) is 7.71. The summed E-state index contributed by atoms with van der Waals surface area (Å²) in [7, 11) is -0.906. The van der Waals surface area contributed by atoms with Crippen LogP contribution in [-0.2, 0) is 19.6 Å². The third-order valence-corrected chi connectivity index (χ3v) is 7.20. The Labute approximate surface area is 193 Å². The first-order valence-corrected chi connectivity index (χ1v) is 12.0. The molecule has 1 heterocycles. The number of benzene rings is 2. The molecule has 0 aromatic heterocycles. The molecule has 172 valence electrons. The van der Waals surface area contributed by atoms with Gasteiger partial charge in [0.05, 0.1) is 16.1 Å². The highest BCUT2D eigenvalue weighted by Gasteiger charge is 2.27. The number of amides is 1. The molecule has 3 rings (SSSR count). The van der Waals surface area contributed by atoms with Gasteiger partial charge in [-0.1, -0.05) is 17.7 Å². The van der Waals surface area contributed by atoms with Crippen molar-refractivity contribution in [1.82, 2.24) is 4.31 Å². The number of esters is 1. The molecule has 0 spiro atoms. The molecule has 1 atom stereocenters. The van der Waals surface area contributed by atoms with Crippen molar-refractivity contribution >= 4 is 44.9 Å². The lowest BCUT2D eigenvalue weighted by Gasteiger charge is -2.23. The number of nitrogens with zero attached hydrogens (tertiary/aromatic N) is 2. The van der Waals surface area contributed by atoms with Gasteiger partial charge < -0.3 is 15.0 Å². The lowest BCUT2D eigenvalue weighted by atomic mass is 10.1. The highest BCUT2D eigenvalue weighted by Crippen LogP contribution is 2.29. The van der Waals surface area contributed by atoms with Crippen LogP contribution in [0, 0.1) is 0 Å². The summed E-state index contributed by atoms with van der Waals surface area (Å²) >= 11 is 5.93. The first-order valence-electron chi connectivity index (χ1n) is 10.2. The average Bonchev–Trinajstić information content (AvgIpc) is 3.27. The maximum atomic E-state index is 13.0. The summed E-state index contributed by atoms with van der Waals surface area (Å²) in [5, 5.41) is 3.11. The molecule has 1 saturated heterocycles. The van der Waals surface area contributed by atoms with E-state index in [1.807, 2.05) is 4.90 Å². The van der Waals surface area contributed by atoms with E-state index >= 15 is 0 Å². The number of hydrogen-bond acceptors (Lipinski definition) is 6. The minimum atomic E-state index is -3.75. The first-order chi connectivity index (χ1) is 15.1. The van der Waals surface area contributed by atoms with Gasteiger partial charge in [0.1, 0.15) is 0 Å². The predicted octanol–water partition coefficient (Wildman–Crippen LogP) is 3.37. The highest BCUT2D eigenvalue weighted by molar-refractivity contribution is 7.89. The van der Waals surface area contributed by atoms with E-state index in [-0.39, 0.29) is 10.5 Å². The molecule has 0 unspecified atom stereocenters. The van der Waals surface area contributed by atoms with E-state index in [0.717, 1.165) is 30.2 Å². The molecule has 8 nitrogen and oxygen atoms in total. The summed E-state index contributed by atoms with van der Waals surface area (Å²) in [4.78, 5) is 27.5. The van der Waals surface area contributed by atoms with Crippen LogP contribution in [0.5, 0.6) is 0 Å². The van der Waals surface area contributed by atoms with E-state index in [1.54, 1.807) is 30.3 Å². The summed E-state index contributed by atoms with van der Waals surface area (Å²) in [5.41, 5.74) is 1.17. The standard InChI is InChI=1S/C22H26ClN3O5S/c1-15(21(27)24-17-8-6-7-16(23)13-17)31-22(28)19-14-18(32(29,30)25(2)3)9-10-20(19)26-11-4-5-12-26/h6-10,13-15H,4-5,11-12H2,1-3H3,(H,24,27)/t15-/m0/s1. The minimum Gasteiger partial charge on any atom is -0.449 e. The van der Waals surface area contributed by atoms with E-state index in [9.17, 15) is 18.0 Å². The first kappa shape index (κ1) is 24.0. The van der Waals surface area contributed by atoms with Crippen molar-refractivity contribution in [3.8, 4) is 0 Å². The molecular formula is C22H26ClN3O5S. The summed E-state index contributed by atoms with van der Waals surface area (Å²) in [5.74, 6) is -1.29. The van der Waals surface area contributed by atoms with Gasteiger partial charge in [0.2, 0.25) is 10.0 Å². The quantitative estimate of drug-likeness (QED) is 0.611. The zero-order chi connectivity index (χ0) is 23.5. The second-order valence-corrected chi connectivity index (χ2v) is 10.3. The van der Waals surface area contributed by atoms with Crippen LogP contribution in [0.3, 0.4) is 0 Å². The molecule has 1 aliphatic heterocycles. The topological polar surface area (TPSA) is 96.0 Å². The molecule has 2 aromatic rings. The van der Waals surface area contributed by atoms with Gasteiger partial charge in [-0.25, -0.2) is 17.5 Å². The number of ether oxygens (including phenoxy) is 1. The molecule has 0 radical (unpaired) electrons. The predicted molar refractivity (Wildman–Crippen MR) is 124 cm³/mol. The van der Waals surface area contributed by atoms with Gasteiger partial charge >= 0.3 is 5.97 Å². The van der Waals surface area contributed by atoms with E-state index < -0.39 is 28.0 Å². The fraction of sp³-hybridized carbons (Fsp3) is 0.364. The molecule has 1 aliphatic rings. The van der Waals surface area contributed by atoms with Crippen LogP contribution in [0.1, 0.15) is 30.1 Å². The minimum absolute atomic E-state index is 0.0200. The fourth-order valence-electron chi connectivity index (χ4n) is 3.37. The maximum absolute atomic E-state index is 13.0. The van der Waals surface area contributed by atoms with Gasteiger partial charge in [-0.3, -0.25) is 4.79 Å². The van der Waals surface area contributed by atoms with E-state index in [4.69, 9.17) is 16.3 Å². The van der Waals surface area contributed by atoms with Gasteiger partial charge in [-0.15, -0.1) is 0 Å². The number of nitrogens with one attached hydrogen (secondary N) is 1. The third-order valence-electron chi connectivity index (χ3n) is 5.16. The SMILES string of the molecule is C[C@H](OC(=O)c1cc(S(=O)(=O)N(C)C)ccc1N1CCCC1)C(=O)Nc1cccc(Cl)c1. The van der Waals surface area contributed by atoms with Crippen molar-refractivity contribution < 1.29 is 22.7 Å². The van der Waals surface area contributed by atoms with Crippen molar-refractivity contribution in [2.24, 2.45) is 0 Å². The molecule has 10 heteroatoms. The Bertz CT molecular complexity index is 1110. The summed E-state index contributed by atoms with van der Waals surface area (Å²) < 4.78 is 31.7. The smallest absolute Gasteiger partial charge is 0.341 e. The number of sulfonamides is 1. The van der Waals surface area contributed by atoms with Crippen molar-refractivity contribution in [1.29, 1.82) is 0 Å². The molecule has 0 bridgehead atoms. The fourth-order valence-corrected chi connectivity index (χ4v) is 4.49. The average molecular weight is 480 g/mol. The Balaban J connectivity index is 1.85. The zero-order valence-electron chi connectivity index (χ0n) is 18.2. The molecule has 1 N–H and O–H groups in total. The van der Waals surface area contributed by atoms with Crippen LogP contribution < -0.4 is 10.2 Å². The molecule has 2 aromatic carbocycles. The molecule has 1 fully saturated rings. The van der Waals surface area contributed by atoms with Crippen LogP contribution in [0.4, 0.5) is 11.4 Å². The number of halogens is 1. The van der Waals surface area contributed by atoms with E-state index in [1.165, 1.54) is 33.2 Å². The monoisotopic (exact) mass is 479 g/mol. The number of rotatable bonds is 7. The largest absolute Gasteiger partial charge is 0.449 e. The maximum Gasteiger partial charge on any atom is 0.341 e. The summed E-state index contributed by atoms with van der Waals surface area (Å²) in [6.45, 7) is 2.96. The third kappa shape index (κ3) is 5.40. The van der Waals surface area contributed by atoms with Gasteiger partial charge in [-0.2, -0.15) is 0 Å². The van der Waals surface area contributed by atoms with Crippen molar-refractivity contribution in [3.63, 3.8) is 0 Å². The Morgan fingerprint density at radius 3 is 2.44 bits per heavy atom. The van der Waals surface area contributed by atoms with Crippen LogP contribution >= 0.6 is 11.6 Å². The van der Waals surface area contributed by atoms with Gasteiger partial charge in [-0.05, 0) is 56.2 Å². The van der Waals surface area contributed by atoms with Gasteiger partial charge in [0.15, 0.2) is 6.10 Å². The molecule has 0 saturated carbocycles. The van der Waals surface area contributed by atoms with Crippen molar-refractivity contribution in [2.75, 3.05) is 37.4 Å². The number of carbonyl (C=O) groups is 2. The summed E-state index contributed by atoms with van der Waals surface area (Å²) in [6, 6.07) is 11.0. The number of anilines is 2. The van der Waals surface area contributed by atoms with Crippen LogP contribution in [-0.4, -0.2) is 57.9 Å². The van der Waals surface area contributed by atoms with Crippen LogP contribution in [0.2, 0.25) is 5.02 Å². The molecule has 1 amide bonds. The van der Waals surface area contributed by atoms with Crippen molar-refractivity contribution in [3.05, 3.63) is 53.1 Å². The Kier molecular flexibility index (Phi) is 7.43.